The summed E-state index contributed by atoms with van der Waals surface area (Å²) in [5.41, 5.74) is 3.52. The highest BCUT2D eigenvalue weighted by atomic mass is 16.5. The number of aryl methyl sites for hydroxylation is 1. The molecule has 2 aromatic carbocycles. The molecule has 0 radical (unpaired) electrons. The topological polar surface area (TPSA) is 123 Å². The number of nitrogens with one attached hydrogen (secondary N) is 2. The highest BCUT2D eigenvalue weighted by molar-refractivity contribution is 5.97. The van der Waals surface area contributed by atoms with Crippen molar-refractivity contribution in [2.75, 3.05) is 18.5 Å². The average Bonchev–Trinajstić information content (AvgIpc) is 3.45. The van der Waals surface area contributed by atoms with Crippen LogP contribution in [0.1, 0.15) is 25.3 Å². The predicted molar refractivity (Wildman–Crippen MR) is 126 cm³/mol. The number of benzene rings is 2. The number of carboxylic acids is 1. The lowest BCUT2D eigenvalue weighted by Crippen LogP contribution is -2.24. The molecule has 9 heteroatoms. The zero-order chi connectivity index (χ0) is 24.1. The molecule has 1 fully saturated rings. The summed E-state index contributed by atoms with van der Waals surface area (Å²) in [4.78, 5) is 35.0. The molecule has 0 spiro atoms. The predicted octanol–water partition coefficient (Wildman–Crippen LogP) is 3.03. The number of nitrogens with zero attached hydrogens (tertiary/aromatic N) is 2. The number of hydrogen-bond donors (Lipinski definition) is 3. The summed E-state index contributed by atoms with van der Waals surface area (Å²) in [6.07, 6.45) is 2.11. The van der Waals surface area contributed by atoms with Crippen molar-refractivity contribution in [2.45, 2.75) is 26.2 Å². The summed E-state index contributed by atoms with van der Waals surface area (Å²) in [6.45, 7) is 1.97. The molecule has 1 saturated heterocycles. The van der Waals surface area contributed by atoms with Crippen LogP contribution in [0.15, 0.2) is 54.6 Å². The maximum atomic E-state index is 12.7. The lowest BCUT2D eigenvalue weighted by molar-refractivity contribution is -0.139. The van der Waals surface area contributed by atoms with Gasteiger partial charge in [0.2, 0.25) is 11.8 Å². The molecule has 0 bridgehead atoms. The summed E-state index contributed by atoms with van der Waals surface area (Å²) in [6, 6.07) is 16.8. The van der Waals surface area contributed by atoms with Crippen molar-refractivity contribution in [3.63, 3.8) is 0 Å². The normalized spacial score (nSPS) is 15.1. The van der Waals surface area contributed by atoms with Gasteiger partial charge in [-0.25, -0.2) is 9.48 Å². The first kappa shape index (κ1) is 23.0. The Kier molecular flexibility index (Phi) is 6.91. The van der Waals surface area contributed by atoms with Crippen molar-refractivity contribution in [3.8, 4) is 22.7 Å². The van der Waals surface area contributed by atoms with E-state index in [0.717, 1.165) is 24.1 Å². The average molecular weight is 463 g/mol. The first-order chi connectivity index (χ1) is 16.4. The van der Waals surface area contributed by atoms with Crippen molar-refractivity contribution in [1.29, 1.82) is 0 Å². The molecule has 3 N–H and O–H groups in total. The number of hydrogen-bond acceptors (Lipinski definition) is 5. The minimum Gasteiger partial charge on any atom is -0.482 e. The Balaban J connectivity index is 1.70. The van der Waals surface area contributed by atoms with Gasteiger partial charge in [-0.2, -0.15) is 0 Å². The van der Waals surface area contributed by atoms with Crippen molar-refractivity contribution < 1.29 is 24.2 Å². The van der Waals surface area contributed by atoms with Crippen LogP contribution < -0.4 is 15.4 Å². The number of rotatable bonds is 9. The van der Waals surface area contributed by atoms with Gasteiger partial charge >= 0.3 is 5.97 Å². The van der Waals surface area contributed by atoms with E-state index in [9.17, 15) is 14.4 Å². The smallest absolute Gasteiger partial charge is 0.341 e. The molecule has 1 atom stereocenters. The van der Waals surface area contributed by atoms with Crippen molar-refractivity contribution in [2.24, 2.45) is 5.92 Å². The summed E-state index contributed by atoms with van der Waals surface area (Å²) in [7, 11) is 0. The van der Waals surface area contributed by atoms with E-state index in [4.69, 9.17) is 9.84 Å². The summed E-state index contributed by atoms with van der Waals surface area (Å²) >= 11 is 0. The Morgan fingerprint density at radius 3 is 2.76 bits per heavy atom. The molecule has 9 nitrogen and oxygen atoms in total. The van der Waals surface area contributed by atoms with E-state index < -0.39 is 18.5 Å². The Bertz CT molecular complexity index is 1220. The fourth-order valence-corrected chi connectivity index (χ4v) is 3.89. The van der Waals surface area contributed by atoms with Crippen molar-refractivity contribution in [3.05, 3.63) is 60.2 Å². The van der Waals surface area contributed by atoms with Crippen LogP contribution >= 0.6 is 0 Å². The second kappa shape index (κ2) is 10.2. The van der Waals surface area contributed by atoms with Gasteiger partial charge in [-0.3, -0.25) is 9.59 Å². The second-order valence-electron chi connectivity index (χ2n) is 8.15. The van der Waals surface area contributed by atoms with Gasteiger partial charge in [-0.1, -0.05) is 37.6 Å². The Labute approximate surface area is 196 Å². The van der Waals surface area contributed by atoms with Crippen molar-refractivity contribution in [1.82, 2.24) is 15.1 Å². The third kappa shape index (κ3) is 5.43. The van der Waals surface area contributed by atoms with Gasteiger partial charge in [0.05, 0.1) is 17.3 Å². The third-order valence-electron chi connectivity index (χ3n) is 5.49. The minimum absolute atomic E-state index is 0.141. The van der Waals surface area contributed by atoms with Crippen LogP contribution in [0, 0.1) is 5.92 Å². The number of anilines is 1. The molecule has 2 amide bonds. The van der Waals surface area contributed by atoms with Crippen LogP contribution in [0.25, 0.3) is 16.9 Å². The molecule has 1 aliphatic heterocycles. The van der Waals surface area contributed by atoms with Crippen LogP contribution in [0.3, 0.4) is 0 Å². The number of aromatic nitrogens is 2. The number of amides is 2. The highest BCUT2D eigenvalue weighted by Gasteiger charge is 2.28. The first-order valence-corrected chi connectivity index (χ1v) is 11.1. The molecule has 34 heavy (non-hydrogen) atoms. The lowest BCUT2D eigenvalue weighted by Gasteiger charge is -2.11. The molecule has 3 aromatic rings. The lowest BCUT2D eigenvalue weighted by atomic mass is 10.0. The van der Waals surface area contributed by atoms with E-state index in [1.165, 1.54) is 5.56 Å². The van der Waals surface area contributed by atoms with Gasteiger partial charge in [0.15, 0.2) is 12.4 Å². The standard InChI is InChI=1S/C25H26N4O5/c1-2-5-16-6-3-7-17(10-16)21-13-22(27-25(33)18-11-23(30)26-14-18)28-29(21)19-8-4-9-20(12-19)34-15-24(31)32/h3-4,6-10,12-13,18H,2,5,11,14-15H2,1H3,(H,26,30)(H,31,32)(H,27,28,33)/t18-/m1/s1. The van der Waals surface area contributed by atoms with Crippen LogP contribution in [-0.2, 0) is 20.8 Å². The molecule has 1 aliphatic rings. The van der Waals surface area contributed by atoms with Gasteiger partial charge < -0.3 is 20.5 Å². The molecule has 2 heterocycles. The van der Waals surface area contributed by atoms with Crippen molar-refractivity contribution >= 4 is 23.6 Å². The van der Waals surface area contributed by atoms with E-state index in [0.29, 0.717) is 23.8 Å². The van der Waals surface area contributed by atoms with Crippen LogP contribution in [0.2, 0.25) is 0 Å². The monoisotopic (exact) mass is 462 g/mol. The summed E-state index contributed by atoms with van der Waals surface area (Å²) in [5.74, 6) is -1.17. The highest BCUT2D eigenvalue weighted by Crippen LogP contribution is 2.29. The fourth-order valence-electron chi connectivity index (χ4n) is 3.89. The quantitative estimate of drug-likeness (QED) is 0.449. The number of carboxylic acid groups (broad SMARTS) is 1. The van der Waals surface area contributed by atoms with E-state index in [1.807, 2.05) is 18.2 Å². The largest absolute Gasteiger partial charge is 0.482 e. The molecule has 0 aliphatic carbocycles. The van der Waals surface area contributed by atoms with Gasteiger partial charge in [-0.05, 0) is 30.2 Å². The molecular formula is C25H26N4O5. The van der Waals surface area contributed by atoms with Crippen LogP contribution in [0.5, 0.6) is 5.75 Å². The number of carbonyl (C=O) groups excluding carboxylic acids is 2. The van der Waals surface area contributed by atoms with E-state index in [-0.39, 0.29) is 18.2 Å². The second-order valence-corrected chi connectivity index (χ2v) is 8.15. The van der Waals surface area contributed by atoms with E-state index in [2.05, 4.69) is 34.8 Å². The zero-order valence-corrected chi connectivity index (χ0v) is 18.8. The van der Waals surface area contributed by atoms with E-state index >= 15 is 0 Å². The maximum Gasteiger partial charge on any atom is 0.341 e. The van der Waals surface area contributed by atoms with Gasteiger partial charge in [-0.15, -0.1) is 5.10 Å². The number of aliphatic carboxylic acids is 1. The molecule has 4 rings (SSSR count). The molecule has 0 saturated carbocycles. The van der Waals surface area contributed by atoms with Gasteiger partial charge in [0.25, 0.3) is 0 Å². The SMILES string of the molecule is CCCc1cccc(-c2cc(NC(=O)[C@H]3CNC(=O)C3)nn2-c2cccc(OCC(=O)O)c2)c1. The molecule has 1 aromatic heterocycles. The third-order valence-corrected chi connectivity index (χ3v) is 5.49. The molecule has 0 unspecified atom stereocenters. The van der Waals surface area contributed by atoms with Gasteiger partial charge in [0, 0.05) is 30.7 Å². The molecular weight excluding hydrogens is 436 g/mol. The summed E-state index contributed by atoms with van der Waals surface area (Å²) < 4.78 is 7.01. The Morgan fingerprint density at radius 2 is 2.03 bits per heavy atom. The van der Waals surface area contributed by atoms with E-state index in [1.54, 1.807) is 28.9 Å². The van der Waals surface area contributed by atoms with Gasteiger partial charge in [0.1, 0.15) is 5.75 Å². The Hall–Kier alpha value is -4.14. The zero-order valence-electron chi connectivity index (χ0n) is 18.8. The maximum absolute atomic E-state index is 12.7. The summed E-state index contributed by atoms with van der Waals surface area (Å²) in [5, 5.41) is 19.0. The van der Waals surface area contributed by atoms with Crippen LogP contribution in [0.4, 0.5) is 5.82 Å². The van der Waals surface area contributed by atoms with Crippen LogP contribution in [-0.4, -0.2) is 45.8 Å². The Morgan fingerprint density at radius 1 is 1.21 bits per heavy atom. The number of carbonyl (C=O) groups is 3. The molecule has 176 valence electrons. The minimum atomic E-state index is -1.07. The fraction of sp³-hybridized carbons (Fsp3) is 0.280. The first-order valence-electron chi connectivity index (χ1n) is 11.1. The number of ether oxygens (including phenoxy) is 1.